The molecular weight excluding hydrogens is 949 g/mol. The highest BCUT2D eigenvalue weighted by atomic mass is 16.7. The lowest BCUT2D eigenvalue weighted by atomic mass is 9.77. The number of carbonyl (C=O) groups is 1. The number of likely N-dealkylation sites (N-methyl/N-ethyl adjacent to an activating group) is 2. The zero-order chi connectivity index (χ0) is 54.3. The Labute approximate surface area is 431 Å². The van der Waals surface area contributed by atoms with E-state index in [2.05, 4.69) is 15.2 Å². The average molecular weight is 1040 g/mol. The van der Waals surface area contributed by atoms with Gasteiger partial charge in [0.25, 0.3) is 5.69 Å². The van der Waals surface area contributed by atoms with Gasteiger partial charge in [-0.3, -0.25) is 14.9 Å². The van der Waals surface area contributed by atoms with Gasteiger partial charge in [-0.2, -0.15) is 0 Å². The maximum Gasteiger partial charge on any atom is 0.311 e. The number of nitro groups is 1. The van der Waals surface area contributed by atoms with Crippen molar-refractivity contribution < 1.29 is 68.8 Å². The number of benzene rings is 1. The molecule has 5 rings (SSSR count). The molecule has 2 aromatic rings. The Balaban J connectivity index is 1.37. The third-order valence-electron chi connectivity index (χ3n) is 16.1. The predicted octanol–water partition coefficient (Wildman–Crippen LogP) is 3.57. The third-order valence-corrected chi connectivity index (χ3v) is 16.1. The molecule has 1 aromatic carbocycles. The van der Waals surface area contributed by atoms with E-state index in [1.165, 1.54) is 26.2 Å². The fourth-order valence-electron chi connectivity index (χ4n) is 11.4. The van der Waals surface area contributed by atoms with Crippen molar-refractivity contribution in [3.63, 3.8) is 0 Å². The molecule has 19 atom stereocenters. The van der Waals surface area contributed by atoms with Crippen LogP contribution in [0.3, 0.4) is 0 Å². The molecule has 73 heavy (non-hydrogen) atoms. The fraction of sp³-hybridized carbons (Fsp3) is 0.827. The van der Waals surface area contributed by atoms with E-state index in [1.54, 1.807) is 58.4 Å². The van der Waals surface area contributed by atoms with Crippen molar-refractivity contribution >= 4 is 11.7 Å². The number of hydrogen-bond donors (Lipinski definition) is 6. The highest BCUT2D eigenvalue weighted by Crippen LogP contribution is 2.40. The van der Waals surface area contributed by atoms with Gasteiger partial charge in [-0.15, -0.1) is 5.10 Å². The lowest BCUT2D eigenvalue weighted by Crippen LogP contribution is -2.60. The third kappa shape index (κ3) is 14.8. The van der Waals surface area contributed by atoms with Crippen molar-refractivity contribution in [1.29, 1.82) is 0 Å². The number of aryl methyl sites for hydroxylation is 1. The lowest BCUT2D eigenvalue weighted by Gasteiger charge is -2.49. The molecule has 0 spiro atoms. The monoisotopic (exact) mass is 1040 g/mol. The van der Waals surface area contributed by atoms with Gasteiger partial charge >= 0.3 is 5.97 Å². The Kier molecular flexibility index (Phi) is 21.3. The van der Waals surface area contributed by atoms with Crippen LogP contribution in [0.15, 0.2) is 30.5 Å². The number of aliphatic hydroxyl groups is 6. The molecular formula is C52H88N6O15. The number of methoxy groups -OCH3 is 1. The van der Waals surface area contributed by atoms with Crippen LogP contribution in [-0.2, 0) is 46.1 Å². The van der Waals surface area contributed by atoms with Crippen LogP contribution in [0.2, 0.25) is 0 Å². The molecule has 0 bridgehead atoms. The SMILES string of the molecule is CC[C@H]1OC(=O)[C@H](C)[C@@H](O[C@H]2C[C@@](C)(OC)[C@@H](O)[C@H](C)O2)[C@H](C)[C@@H](O[C@@H]2O[C@H](C)C[C@H](N(C)CCCCc3cn([C@H](CO)Cc4ccc([N+](=O)[O-])cc4)nn3)[C@H]2O)[C@](C)(O)C[C@@H](C)CN(C)[C@H](C)[C@@H](O)[C@]1(C)O. The zero-order valence-electron chi connectivity index (χ0n) is 45.4. The number of ether oxygens (including phenoxy) is 6. The minimum atomic E-state index is -1.85. The Morgan fingerprint density at radius 3 is 2.27 bits per heavy atom. The second kappa shape index (κ2) is 25.7. The van der Waals surface area contributed by atoms with E-state index < -0.39 is 113 Å². The zero-order valence-corrected chi connectivity index (χ0v) is 45.4. The highest BCUT2D eigenvalue weighted by molar-refractivity contribution is 5.73. The molecule has 4 heterocycles. The molecule has 3 fully saturated rings. The number of cyclic esters (lactones) is 1. The van der Waals surface area contributed by atoms with Crippen molar-refractivity contribution in [3.8, 4) is 0 Å². The summed E-state index contributed by atoms with van der Waals surface area (Å²) in [6, 6.07) is 4.82. The highest BCUT2D eigenvalue weighted by Gasteiger charge is 2.53. The molecule has 21 nitrogen and oxygen atoms in total. The van der Waals surface area contributed by atoms with Crippen LogP contribution in [0.4, 0.5) is 5.69 Å². The quantitative estimate of drug-likeness (QED) is 0.0572. The van der Waals surface area contributed by atoms with Gasteiger partial charge in [0, 0.05) is 56.4 Å². The van der Waals surface area contributed by atoms with Crippen molar-refractivity contribution in [2.45, 2.75) is 217 Å². The maximum absolute atomic E-state index is 14.5. The van der Waals surface area contributed by atoms with Gasteiger partial charge in [-0.25, -0.2) is 4.68 Å². The second-order valence-electron chi connectivity index (χ2n) is 22.3. The van der Waals surface area contributed by atoms with Gasteiger partial charge < -0.3 is 68.9 Å². The van der Waals surface area contributed by atoms with E-state index in [4.69, 9.17) is 28.4 Å². The first-order valence-electron chi connectivity index (χ1n) is 26.2. The number of hydrogen-bond acceptors (Lipinski definition) is 19. The van der Waals surface area contributed by atoms with E-state index in [1.807, 2.05) is 46.0 Å². The number of nitro benzene ring substituents is 1. The average Bonchev–Trinajstić information content (AvgIpc) is 3.81. The van der Waals surface area contributed by atoms with Crippen LogP contribution in [0.25, 0.3) is 0 Å². The summed E-state index contributed by atoms with van der Waals surface area (Å²) >= 11 is 0. The summed E-state index contributed by atoms with van der Waals surface area (Å²) in [6.45, 7) is 18.3. The van der Waals surface area contributed by atoms with Gasteiger partial charge in [-0.1, -0.05) is 38.1 Å². The normalized spacial score (nSPS) is 39.1. The molecule has 0 aliphatic carbocycles. The number of nitrogens with zero attached hydrogens (tertiary/aromatic N) is 6. The number of non-ortho nitro benzene ring substituents is 1. The summed E-state index contributed by atoms with van der Waals surface area (Å²) in [5.74, 6) is -2.82. The number of unbranched alkanes of at least 4 members (excludes halogenated alkanes) is 1. The Hall–Kier alpha value is -3.29. The Bertz CT molecular complexity index is 2050. The standard InChI is InChI=1S/C52H88N6O15/c1-14-41-52(10,65)45(61)34(6)56(12)27-30(2)25-50(8,64)47(32(4)44(33(5)48(63)71-41)72-42-26-51(9,68-13)46(62)35(7)70-42)73-49-43(60)40(23-31(3)69-49)55(11)22-16-15-17-37-28-57(54-53-37)39(29-59)24-36-18-20-38(21-19-36)58(66)67/h18-21,28,30-35,39-47,49,59-62,64-65H,14-17,22-27,29H2,1-13H3/t30-,31-,32+,33-,34-,35+,39+,40+,41-,42+,43-,44+,45-,46+,47-,49+,50-,51-,52-/m1/s1. The minimum Gasteiger partial charge on any atom is -0.459 e. The second-order valence-corrected chi connectivity index (χ2v) is 22.3. The molecule has 0 radical (unpaired) electrons. The molecule has 0 unspecified atom stereocenters. The number of esters is 1. The molecule has 3 aliphatic rings. The van der Waals surface area contributed by atoms with Gasteiger partial charge in [-0.05, 0) is 126 Å². The molecule has 3 saturated heterocycles. The van der Waals surface area contributed by atoms with Gasteiger partial charge in [0.2, 0.25) is 0 Å². The van der Waals surface area contributed by atoms with Crippen molar-refractivity contribution in [2.75, 3.05) is 40.9 Å². The molecule has 3 aliphatic heterocycles. The Morgan fingerprint density at radius 2 is 1.66 bits per heavy atom. The summed E-state index contributed by atoms with van der Waals surface area (Å²) in [4.78, 5) is 29.1. The molecule has 416 valence electrons. The van der Waals surface area contributed by atoms with E-state index in [0.717, 1.165) is 24.1 Å². The fourth-order valence-corrected chi connectivity index (χ4v) is 11.4. The van der Waals surface area contributed by atoms with Crippen LogP contribution >= 0.6 is 0 Å². The summed E-state index contributed by atoms with van der Waals surface area (Å²) in [6.07, 6.45) is -4.80. The first kappa shape index (κ1) is 60.6. The number of aliphatic hydroxyl groups excluding tert-OH is 4. The van der Waals surface area contributed by atoms with Crippen LogP contribution < -0.4 is 0 Å². The molecule has 21 heteroatoms. The van der Waals surface area contributed by atoms with Gasteiger partial charge in [0.1, 0.15) is 30.0 Å². The smallest absolute Gasteiger partial charge is 0.311 e. The molecule has 1 aromatic heterocycles. The van der Waals surface area contributed by atoms with E-state index in [0.29, 0.717) is 32.4 Å². The lowest BCUT2D eigenvalue weighted by molar-refractivity contribution is -0.384. The first-order chi connectivity index (χ1) is 34.2. The van der Waals surface area contributed by atoms with Crippen LogP contribution in [0.5, 0.6) is 0 Å². The van der Waals surface area contributed by atoms with Crippen molar-refractivity contribution in [1.82, 2.24) is 24.8 Å². The molecule has 0 amide bonds. The topological polar surface area (TPSA) is 274 Å². The number of rotatable bonds is 17. The maximum atomic E-state index is 14.5. The largest absolute Gasteiger partial charge is 0.459 e. The van der Waals surface area contributed by atoms with Crippen LogP contribution in [0, 0.1) is 27.9 Å². The van der Waals surface area contributed by atoms with Crippen LogP contribution in [-0.4, -0.2) is 198 Å². The predicted molar refractivity (Wildman–Crippen MR) is 269 cm³/mol. The van der Waals surface area contributed by atoms with Gasteiger partial charge in [0.15, 0.2) is 12.6 Å². The minimum absolute atomic E-state index is 0.00573. The number of carbonyl (C=O) groups excluding carboxylic acids is 1. The van der Waals surface area contributed by atoms with E-state index in [-0.39, 0.29) is 43.6 Å². The van der Waals surface area contributed by atoms with E-state index in [9.17, 15) is 45.5 Å². The summed E-state index contributed by atoms with van der Waals surface area (Å²) in [5, 5.41) is 89.5. The first-order valence-corrected chi connectivity index (χ1v) is 26.2. The van der Waals surface area contributed by atoms with Gasteiger partial charge in [0.05, 0.1) is 64.8 Å². The number of aromatic nitrogens is 3. The molecule has 6 N–H and O–H groups in total. The summed E-state index contributed by atoms with van der Waals surface area (Å²) in [5.41, 5.74) is -2.99. The summed E-state index contributed by atoms with van der Waals surface area (Å²) < 4.78 is 39.9. The Morgan fingerprint density at radius 1 is 0.986 bits per heavy atom. The summed E-state index contributed by atoms with van der Waals surface area (Å²) in [7, 11) is 5.27. The van der Waals surface area contributed by atoms with Crippen molar-refractivity contribution in [2.24, 2.45) is 17.8 Å². The van der Waals surface area contributed by atoms with E-state index >= 15 is 0 Å². The van der Waals surface area contributed by atoms with Crippen molar-refractivity contribution in [3.05, 3.63) is 51.8 Å². The van der Waals surface area contributed by atoms with Crippen LogP contribution in [0.1, 0.15) is 125 Å². The molecule has 0 saturated carbocycles.